The van der Waals surface area contributed by atoms with Crippen LogP contribution in [-0.4, -0.2) is 44.9 Å². The van der Waals surface area contributed by atoms with Crippen molar-refractivity contribution in [3.05, 3.63) is 65.7 Å². The number of nitrogens with zero attached hydrogens (tertiary/aromatic N) is 1. The SMILES string of the molecule is CC(C)Cc1ccc(C(C)NC(=O)CN2CCC(NS(=O)(=O)c3ccccc3)CC2)cc1. The van der Waals surface area contributed by atoms with Crippen molar-refractivity contribution in [2.45, 2.75) is 57.0 Å². The number of amides is 1. The molecular formula is C25H35N3O3S. The Balaban J connectivity index is 1.43. The Labute approximate surface area is 192 Å². The van der Waals surface area contributed by atoms with Crippen LogP contribution in [0.3, 0.4) is 0 Å². The third kappa shape index (κ3) is 7.15. The Bertz CT molecular complexity index is 967. The van der Waals surface area contributed by atoms with E-state index < -0.39 is 10.0 Å². The molecule has 0 bridgehead atoms. The number of hydrogen-bond donors (Lipinski definition) is 2. The molecule has 2 aromatic rings. The topological polar surface area (TPSA) is 78.5 Å². The lowest BCUT2D eigenvalue weighted by atomic mass is 10.00. The molecule has 1 aliphatic rings. The number of nitrogens with one attached hydrogen (secondary N) is 2. The Kier molecular flexibility index (Phi) is 8.45. The molecule has 174 valence electrons. The van der Waals surface area contributed by atoms with Gasteiger partial charge in [0.05, 0.1) is 17.5 Å². The van der Waals surface area contributed by atoms with Crippen LogP contribution in [0.4, 0.5) is 0 Å². The van der Waals surface area contributed by atoms with Crippen molar-refractivity contribution in [1.29, 1.82) is 0 Å². The van der Waals surface area contributed by atoms with Crippen LogP contribution < -0.4 is 10.0 Å². The summed E-state index contributed by atoms with van der Waals surface area (Å²) in [5.74, 6) is 0.614. The monoisotopic (exact) mass is 457 g/mol. The number of carbonyl (C=O) groups excluding carboxylic acids is 1. The molecule has 1 unspecified atom stereocenters. The fourth-order valence-electron chi connectivity index (χ4n) is 4.08. The van der Waals surface area contributed by atoms with E-state index in [2.05, 4.69) is 53.1 Å². The number of sulfonamides is 1. The highest BCUT2D eigenvalue weighted by Crippen LogP contribution is 2.17. The summed E-state index contributed by atoms with van der Waals surface area (Å²) in [6.07, 6.45) is 2.43. The van der Waals surface area contributed by atoms with Gasteiger partial charge in [-0.3, -0.25) is 9.69 Å². The van der Waals surface area contributed by atoms with Gasteiger partial charge in [-0.05, 0) is 55.4 Å². The van der Waals surface area contributed by atoms with E-state index in [-0.39, 0.29) is 22.9 Å². The molecule has 0 aliphatic carbocycles. The Morgan fingerprint density at radius 3 is 2.22 bits per heavy atom. The van der Waals surface area contributed by atoms with Gasteiger partial charge in [0.25, 0.3) is 0 Å². The number of hydrogen-bond acceptors (Lipinski definition) is 4. The van der Waals surface area contributed by atoms with E-state index in [0.29, 0.717) is 38.4 Å². The molecule has 0 aromatic heterocycles. The van der Waals surface area contributed by atoms with Crippen LogP contribution >= 0.6 is 0 Å². The summed E-state index contributed by atoms with van der Waals surface area (Å²) < 4.78 is 27.8. The predicted octanol–water partition coefficient (Wildman–Crippen LogP) is 3.51. The lowest BCUT2D eigenvalue weighted by Crippen LogP contribution is -2.47. The molecule has 32 heavy (non-hydrogen) atoms. The highest BCUT2D eigenvalue weighted by molar-refractivity contribution is 7.89. The largest absolute Gasteiger partial charge is 0.348 e. The highest BCUT2D eigenvalue weighted by atomic mass is 32.2. The van der Waals surface area contributed by atoms with Crippen LogP contribution in [0.15, 0.2) is 59.5 Å². The number of piperidine rings is 1. The first-order valence-electron chi connectivity index (χ1n) is 11.4. The van der Waals surface area contributed by atoms with Gasteiger partial charge in [-0.15, -0.1) is 0 Å². The zero-order valence-corrected chi connectivity index (χ0v) is 20.1. The average Bonchev–Trinajstić information content (AvgIpc) is 2.75. The molecule has 1 amide bonds. The molecule has 1 heterocycles. The Hall–Kier alpha value is -2.22. The fraction of sp³-hybridized carbons (Fsp3) is 0.480. The van der Waals surface area contributed by atoms with E-state index in [9.17, 15) is 13.2 Å². The van der Waals surface area contributed by atoms with Gasteiger partial charge < -0.3 is 5.32 Å². The lowest BCUT2D eigenvalue weighted by Gasteiger charge is -2.32. The van der Waals surface area contributed by atoms with Crippen LogP contribution in [0.25, 0.3) is 0 Å². The third-order valence-corrected chi connectivity index (χ3v) is 7.37. The van der Waals surface area contributed by atoms with Gasteiger partial charge in [-0.25, -0.2) is 13.1 Å². The first kappa shape index (κ1) is 24.4. The second kappa shape index (κ2) is 11.1. The minimum Gasteiger partial charge on any atom is -0.348 e. The number of benzene rings is 2. The highest BCUT2D eigenvalue weighted by Gasteiger charge is 2.25. The zero-order valence-electron chi connectivity index (χ0n) is 19.3. The predicted molar refractivity (Wildman–Crippen MR) is 128 cm³/mol. The van der Waals surface area contributed by atoms with Crippen molar-refractivity contribution in [1.82, 2.24) is 14.9 Å². The minimum atomic E-state index is -3.50. The van der Waals surface area contributed by atoms with Crippen LogP contribution in [0.1, 0.15) is 50.8 Å². The maximum atomic E-state index is 12.5. The van der Waals surface area contributed by atoms with Gasteiger partial charge in [-0.2, -0.15) is 0 Å². The fourth-order valence-corrected chi connectivity index (χ4v) is 5.41. The molecule has 0 radical (unpaired) electrons. The Morgan fingerprint density at radius 2 is 1.62 bits per heavy atom. The van der Waals surface area contributed by atoms with Gasteiger partial charge >= 0.3 is 0 Å². The molecule has 7 heteroatoms. The normalized spacial score (nSPS) is 16.8. The lowest BCUT2D eigenvalue weighted by molar-refractivity contribution is -0.123. The van der Waals surface area contributed by atoms with E-state index in [1.165, 1.54) is 5.56 Å². The molecule has 2 N–H and O–H groups in total. The maximum Gasteiger partial charge on any atom is 0.240 e. The van der Waals surface area contributed by atoms with Crippen LogP contribution in [0, 0.1) is 5.92 Å². The molecule has 1 fully saturated rings. The van der Waals surface area contributed by atoms with E-state index in [4.69, 9.17) is 0 Å². The van der Waals surface area contributed by atoms with E-state index in [1.807, 2.05) is 6.92 Å². The summed E-state index contributed by atoms with van der Waals surface area (Å²) in [4.78, 5) is 14.9. The summed E-state index contributed by atoms with van der Waals surface area (Å²) in [5, 5.41) is 3.08. The zero-order chi connectivity index (χ0) is 23.1. The van der Waals surface area contributed by atoms with Crippen LogP contribution in [0.5, 0.6) is 0 Å². The molecule has 1 atom stereocenters. The summed E-state index contributed by atoms with van der Waals surface area (Å²) in [6, 6.07) is 16.7. The van der Waals surface area contributed by atoms with E-state index in [0.717, 1.165) is 12.0 Å². The average molecular weight is 458 g/mol. The van der Waals surface area contributed by atoms with Crippen molar-refractivity contribution in [3.8, 4) is 0 Å². The van der Waals surface area contributed by atoms with Crippen molar-refractivity contribution in [2.75, 3.05) is 19.6 Å². The van der Waals surface area contributed by atoms with Gasteiger partial charge in [0.15, 0.2) is 0 Å². The first-order valence-corrected chi connectivity index (χ1v) is 12.9. The standard InChI is InChI=1S/C25H35N3O3S/c1-19(2)17-21-9-11-22(12-10-21)20(3)26-25(29)18-28-15-13-23(14-16-28)27-32(30,31)24-7-5-4-6-8-24/h4-12,19-20,23,27H,13-18H2,1-3H3,(H,26,29). The van der Waals surface area contributed by atoms with Crippen LogP contribution in [-0.2, 0) is 21.2 Å². The van der Waals surface area contributed by atoms with Crippen molar-refractivity contribution in [2.24, 2.45) is 5.92 Å². The van der Waals surface area contributed by atoms with Crippen molar-refractivity contribution < 1.29 is 13.2 Å². The summed E-state index contributed by atoms with van der Waals surface area (Å²) in [7, 11) is -3.50. The molecule has 1 saturated heterocycles. The van der Waals surface area contributed by atoms with Gasteiger partial charge in [0.1, 0.15) is 0 Å². The van der Waals surface area contributed by atoms with Gasteiger partial charge in [0, 0.05) is 19.1 Å². The molecule has 0 spiro atoms. The van der Waals surface area contributed by atoms with Gasteiger partial charge in [-0.1, -0.05) is 56.3 Å². The quantitative estimate of drug-likeness (QED) is 0.604. The van der Waals surface area contributed by atoms with Crippen LogP contribution in [0.2, 0.25) is 0 Å². The van der Waals surface area contributed by atoms with E-state index >= 15 is 0 Å². The number of carbonyl (C=O) groups is 1. The summed E-state index contributed by atoms with van der Waals surface area (Å²) >= 11 is 0. The smallest absolute Gasteiger partial charge is 0.240 e. The molecule has 2 aromatic carbocycles. The Morgan fingerprint density at radius 1 is 1.00 bits per heavy atom. The molecular weight excluding hydrogens is 422 g/mol. The summed E-state index contributed by atoms with van der Waals surface area (Å²) in [6.45, 7) is 8.12. The van der Waals surface area contributed by atoms with Gasteiger partial charge in [0.2, 0.25) is 15.9 Å². The second-order valence-corrected chi connectivity index (χ2v) is 10.8. The van der Waals surface area contributed by atoms with E-state index in [1.54, 1.807) is 30.3 Å². The third-order valence-electron chi connectivity index (χ3n) is 5.83. The molecule has 3 rings (SSSR count). The minimum absolute atomic E-state index is 0.00734. The molecule has 0 saturated carbocycles. The second-order valence-electron chi connectivity index (χ2n) is 9.11. The molecule has 6 nitrogen and oxygen atoms in total. The summed E-state index contributed by atoms with van der Waals surface area (Å²) in [5.41, 5.74) is 2.41. The number of likely N-dealkylation sites (tertiary alicyclic amines) is 1. The van der Waals surface area contributed by atoms with Crippen molar-refractivity contribution in [3.63, 3.8) is 0 Å². The molecule has 1 aliphatic heterocycles. The first-order chi connectivity index (χ1) is 15.2. The van der Waals surface area contributed by atoms with Crippen molar-refractivity contribution >= 4 is 15.9 Å². The maximum absolute atomic E-state index is 12.5. The number of rotatable bonds is 9.